The summed E-state index contributed by atoms with van der Waals surface area (Å²) in [5, 5.41) is 11.5. The van der Waals surface area contributed by atoms with Crippen molar-refractivity contribution in [2.45, 2.75) is 52.0 Å². The van der Waals surface area contributed by atoms with Crippen LogP contribution in [0.3, 0.4) is 0 Å². The Bertz CT molecular complexity index is 370. The summed E-state index contributed by atoms with van der Waals surface area (Å²) in [5.41, 5.74) is 0. The second-order valence-corrected chi connectivity index (χ2v) is 5.46. The average Bonchev–Trinajstić information content (AvgIpc) is 2.37. The van der Waals surface area contributed by atoms with Gasteiger partial charge in [0, 0.05) is 19.0 Å². The van der Waals surface area contributed by atoms with E-state index in [4.69, 9.17) is 5.11 Å². The first-order valence-electron chi connectivity index (χ1n) is 7.21. The molecular weight excluding hydrogens is 260 g/mol. The summed E-state index contributed by atoms with van der Waals surface area (Å²) in [7, 11) is 0. The van der Waals surface area contributed by atoms with Gasteiger partial charge in [-0.05, 0) is 26.7 Å². The third-order valence-corrected chi connectivity index (χ3v) is 3.78. The number of aliphatic carboxylic acids is 1. The van der Waals surface area contributed by atoms with E-state index in [0.29, 0.717) is 13.0 Å². The van der Waals surface area contributed by atoms with Gasteiger partial charge in [0.1, 0.15) is 0 Å². The normalized spacial score (nSPS) is 19.7. The van der Waals surface area contributed by atoms with Crippen molar-refractivity contribution in [3.8, 4) is 0 Å². The second kappa shape index (κ2) is 7.87. The predicted octanol–water partition coefficient (Wildman–Crippen LogP) is 1.00. The van der Waals surface area contributed by atoms with Gasteiger partial charge >= 0.3 is 5.97 Å². The fourth-order valence-corrected chi connectivity index (χ4v) is 2.19. The Balaban J connectivity index is 2.47. The first-order valence-corrected chi connectivity index (χ1v) is 7.21. The summed E-state index contributed by atoms with van der Waals surface area (Å²) in [5.74, 6) is -1.87. The van der Waals surface area contributed by atoms with Crippen LogP contribution in [0, 0.1) is 5.92 Å². The van der Waals surface area contributed by atoms with Crippen LogP contribution in [0.5, 0.6) is 0 Å². The topological polar surface area (TPSA) is 86.7 Å². The van der Waals surface area contributed by atoms with E-state index in [9.17, 15) is 14.4 Å². The Hall–Kier alpha value is -1.59. The number of carbonyl (C=O) groups is 3. The quantitative estimate of drug-likeness (QED) is 0.788. The van der Waals surface area contributed by atoms with E-state index in [1.807, 2.05) is 0 Å². The summed E-state index contributed by atoms with van der Waals surface area (Å²) < 4.78 is 0. The van der Waals surface area contributed by atoms with Crippen molar-refractivity contribution in [1.82, 2.24) is 10.2 Å². The van der Waals surface area contributed by atoms with E-state index in [0.717, 1.165) is 25.7 Å². The van der Waals surface area contributed by atoms with E-state index in [1.165, 1.54) is 0 Å². The summed E-state index contributed by atoms with van der Waals surface area (Å²) in [6, 6.07) is -0.454. The van der Waals surface area contributed by atoms with Crippen molar-refractivity contribution in [2.75, 3.05) is 13.1 Å². The maximum atomic E-state index is 11.9. The number of hydrogen-bond donors (Lipinski definition) is 2. The molecular formula is C14H24N2O4. The van der Waals surface area contributed by atoms with E-state index in [2.05, 4.69) is 5.32 Å². The van der Waals surface area contributed by atoms with Crippen molar-refractivity contribution in [2.24, 2.45) is 5.92 Å². The van der Waals surface area contributed by atoms with E-state index in [1.54, 1.807) is 18.7 Å². The highest BCUT2D eigenvalue weighted by molar-refractivity contribution is 5.85. The molecule has 1 heterocycles. The lowest BCUT2D eigenvalue weighted by Crippen LogP contribution is -2.46. The molecule has 2 amide bonds. The number of nitrogens with one attached hydrogen (secondary N) is 1. The number of carbonyl (C=O) groups excluding carboxylic acids is 2. The van der Waals surface area contributed by atoms with Crippen LogP contribution in [0.2, 0.25) is 0 Å². The molecule has 6 heteroatoms. The molecule has 0 aromatic heterocycles. The molecule has 2 atom stereocenters. The first kappa shape index (κ1) is 16.5. The molecule has 2 unspecified atom stereocenters. The summed E-state index contributed by atoms with van der Waals surface area (Å²) in [6.45, 7) is 3.84. The molecule has 1 aliphatic rings. The summed E-state index contributed by atoms with van der Waals surface area (Å²) in [4.78, 5) is 36.2. The summed E-state index contributed by atoms with van der Waals surface area (Å²) >= 11 is 0. The van der Waals surface area contributed by atoms with Gasteiger partial charge in [-0.3, -0.25) is 14.4 Å². The average molecular weight is 284 g/mol. The highest BCUT2D eigenvalue weighted by Crippen LogP contribution is 2.11. The van der Waals surface area contributed by atoms with Crippen LogP contribution in [0.4, 0.5) is 0 Å². The fraction of sp³-hybridized carbons (Fsp3) is 0.786. The van der Waals surface area contributed by atoms with Crippen LogP contribution in [0.1, 0.15) is 46.0 Å². The lowest BCUT2D eigenvalue weighted by atomic mass is 10.0. The number of amides is 2. The molecule has 0 bridgehead atoms. The minimum absolute atomic E-state index is 0.0128. The van der Waals surface area contributed by atoms with E-state index in [-0.39, 0.29) is 18.4 Å². The van der Waals surface area contributed by atoms with Crippen molar-refractivity contribution in [3.63, 3.8) is 0 Å². The zero-order valence-corrected chi connectivity index (χ0v) is 12.2. The Morgan fingerprint density at radius 3 is 2.55 bits per heavy atom. The number of nitrogens with zero attached hydrogens (tertiary/aromatic N) is 1. The number of carboxylic acid groups (broad SMARTS) is 1. The van der Waals surface area contributed by atoms with Gasteiger partial charge in [-0.2, -0.15) is 0 Å². The predicted molar refractivity (Wildman–Crippen MR) is 74.1 cm³/mol. The van der Waals surface area contributed by atoms with E-state index >= 15 is 0 Å². The Labute approximate surface area is 119 Å². The van der Waals surface area contributed by atoms with Gasteiger partial charge in [0.15, 0.2) is 0 Å². The maximum Gasteiger partial charge on any atom is 0.308 e. The van der Waals surface area contributed by atoms with Crippen molar-refractivity contribution in [1.29, 1.82) is 0 Å². The van der Waals surface area contributed by atoms with Crippen molar-refractivity contribution >= 4 is 17.8 Å². The Morgan fingerprint density at radius 1 is 1.25 bits per heavy atom. The molecule has 114 valence electrons. The molecule has 0 saturated carbocycles. The number of carboxylic acids is 1. The van der Waals surface area contributed by atoms with Gasteiger partial charge in [0.25, 0.3) is 0 Å². The molecule has 0 spiro atoms. The standard InChI is InChI=1S/C14H24N2O4/c1-10(14(19)20)11(2)15-12(17)9-16-8-6-4-3-5-7-13(16)18/h10-11H,3-9H2,1-2H3,(H,15,17)(H,19,20). The van der Waals surface area contributed by atoms with Crippen LogP contribution >= 0.6 is 0 Å². The molecule has 6 nitrogen and oxygen atoms in total. The van der Waals surface area contributed by atoms with Crippen LogP contribution in [0.25, 0.3) is 0 Å². The zero-order chi connectivity index (χ0) is 15.1. The van der Waals surface area contributed by atoms with Crippen LogP contribution < -0.4 is 5.32 Å². The first-order chi connectivity index (χ1) is 9.41. The van der Waals surface area contributed by atoms with Crippen LogP contribution in [-0.2, 0) is 14.4 Å². The SMILES string of the molecule is CC(NC(=O)CN1CCCCCCC1=O)C(C)C(=O)O. The highest BCUT2D eigenvalue weighted by atomic mass is 16.4. The molecule has 0 radical (unpaired) electrons. The van der Waals surface area contributed by atoms with Crippen LogP contribution in [0.15, 0.2) is 0 Å². The molecule has 1 aliphatic heterocycles. The highest BCUT2D eigenvalue weighted by Gasteiger charge is 2.23. The van der Waals surface area contributed by atoms with Gasteiger partial charge in [-0.1, -0.05) is 12.8 Å². The summed E-state index contributed by atoms with van der Waals surface area (Å²) in [6.07, 6.45) is 4.44. The van der Waals surface area contributed by atoms with Crippen molar-refractivity contribution < 1.29 is 19.5 Å². The van der Waals surface area contributed by atoms with Crippen LogP contribution in [-0.4, -0.2) is 46.9 Å². The molecule has 1 rings (SSSR count). The number of rotatable bonds is 5. The minimum Gasteiger partial charge on any atom is -0.481 e. The molecule has 0 aliphatic carbocycles. The molecule has 2 N–H and O–H groups in total. The third kappa shape index (κ3) is 5.19. The van der Waals surface area contributed by atoms with Gasteiger partial charge < -0.3 is 15.3 Å². The number of hydrogen-bond acceptors (Lipinski definition) is 3. The molecule has 20 heavy (non-hydrogen) atoms. The van der Waals surface area contributed by atoms with Gasteiger partial charge in [-0.15, -0.1) is 0 Å². The Morgan fingerprint density at radius 2 is 1.90 bits per heavy atom. The van der Waals surface area contributed by atoms with Gasteiger partial charge in [0.05, 0.1) is 12.5 Å². The van der Waals surface area contributed by atoms with Gasteiger partial charge in [-0.25, -0.2) is 0 Å². The smallest absolute Gasteiger partial charge is 0.308 e. The second-order valence-electron chi connectivity index (χ2n) is 5.46. The zero-order valence-electron chi connectivity index (χ0n) is 12.2. The fourth-order valence-electron chi connectivity index (χ4n) is 2.19. The van der Waals surface area contributed by atoms with Crippen molar-refractivity contribution in [3.05, 3.63) is 0 Å². The van der Waals surface area contributed by atoms with E-state index < -0.39 is 17.9 Å². The third-order valence-electron chi connectivity index (χ3n) is 3.78. The monoisotopic (exact) mass is 284 g/mol. The van der Waals surface area contributed by atoms with Gasteiger partial charge in [0.2, 0.25) is 11.8 Å². The molecule has 0 aromatic rings. The lowest BCUT2D eigenvalue weighted by Gasteiger charge is -2.25. The minimum atomic E-state index is -0.944. The molecule has 0 aromatic carbocycles. The lowest BCUT2D eigenvalue weighted by molar-refractivity contribution is -0.142. The Kier molecular flexibility index (Phi) is 6.48. The maximum absolute atomic E-state index is 11.9. The number of likely N-dealkylation sites (tertiary alicyclic amines) is 1. The molecule has 1 saturated heterocycles. The molecule has 1 fully saturated rings. The largest absolute Gasteiger partial charge is 0.481 e.